The van der Waals surface area contributed by atoms with Gasteiger partial charge in [-0.1, -0.05) is 12.1 Å². The molecular weight excluding hydrogens is 420 g/mol. The molecule has 1 atom stereocenters. The summed E-state index contributed by atoms with van der Waals surface area (Å²) in [5, 5.41) is 4.73. The van der Waals surface area contributed by atoms with E-state index >= 15 is 0 Å². The lowest BCUT2D eigenvalue weighted by Gasteiger charge is -2.26. The van der Waals surface area contributed by atoms with Gasteiger partial charge in [0.2, 0.25) is 0 Å². The number of pyridine rings is 1. The number of thiophene rings is 1. The Morgan fingerprint density at radius 3 is 2.72 bits per heavy atom. The number of methoxy groups -OCH3 is 2. The van der Waals surface area contributed by atoms with Crippen LogP contribution in [0.25, 0.3) is 27.2 Å². The number of fused-ring (bicyclic) bond motifs is 6. The van der Waals surface area contributed by atoms with Crippen LogP contribution in [0.4, 0.5) is 5.82 Å². The zero-order chi connectivity index (χ0) is 21.7. The predicted octanol–water partition coefficient (Wildman–Crippen LogP) is 5.66. The molecule has 1 aromatic carbocycles. The maximum Gasteiger partial charge on any atom is 0.163 e. The van der Waals surface area contributed by atoms with Gasteiger partial charge in [0.25, 0.3) is 0 Å². The Morgan fingerprint density at radius 1 is 1.06 bits per heavy atom. The van der Waals surface area contributed by atoms with Gasteiger partial charge in [0.05, 0.1) is 19.6 Å². The number of nitrogens with zero attached hydrogens (tertiary/aromatic N) is 3. The summed E-state index contributed by atoms with van der Waals surface area (Å²) in [6.07, 6.45) is 8.31. The Kier molecular flexibility index (Phi) is 4.57. The van der Waals surface area contributed by atoms with Crippen molar-refractivity contribution in [1.82, 2.24) is 15.0 Å². The molecule has 3 heterocycles. The Labute approximate surface area is 190 Å². The third-order valence-corrected chi connectivity index (χ3v) is 7.42. The molecule has 0 saturated carbocycles. The van der Waals surface area contributed by atoms with E-state index in [2.05, 4.69) is 16.4 Å². The second-order valence-electron chi connectivity index (χ2n) is 7.99. The highest BCUT2D eigenvalue weighted by molar-refractivity contribution is 7.19. The topological polar surface area (TPSA) is 69.2 Å². The van der Waals surface area contributed by atoms with Gasteiger partial charge < -0.3 is 14.8 Å². The Balaban J connectivity index is 1.43. The van der Waals surface area contributed by atoms with Crippen LogP contribution >= 0.6 is 11.3 Å². The van der Waals surface area contributed by atoms with Crippen molar-refractivity contribution < 1.29 is 9.47 Å². The smallest absolute Gasteiger partial charge is 0.163 e. The molecule has 3 aromatic heterocycles. The van der Waals surface area contributed by atoms with Crippen LogP contribution < -0.4 is 14.8 Å². The van der Waals surface area contributed by atoms with Crippen molar-refractivity contribution in [3.8, 4) is 22.9 Å². The summed E-state index contributed by atoms with van der Waals surface area (Å²) >= 11 is 1.81. The van der Waals surface area contributed by atoms with Crippen LogP contribution in [0.3, 0.4) is 0 Å². The molecule has 6 nitrogen and oxygen atoms in total. The minimum absolute atomic E-state index is 0.590. The number of nitrogens with one attached hydrogen (secondary N) is 1. The molecule has 0 aliphatic heterocycles. The summed E-state index contributed by atoms with van der Waals surface area (Å²) in [6, 6.07) is 9.86. The molecule has 7 heteroatoms. The summed E-state index contributed by atoms with van der Waals surface area (Å²) in [7, 11) is 3.30. The molecule has 0 fully saturated rings. The lowest BCUT2D eigenvalue weighted by Crippen LogP contribution is -2.10. The molecule has 2 aliphatic rings. The predicted molar refractivity (Wildman–Crippen MR) is 127 cm³/mol. The van der Waals surface area contributed by atoms with Crippen LogP contribution in [0.2, 0.25) is 0 Å². The summed E-state index contributed by atoms with van der Waals surface area (Å²) in [4.78, 5) is 16.5. The molecule has 1 N–H and O–H groups in total. The van der Waals surface area contributed by atoms with E-state index in [1.165, 1.54) is 22.4 Å². The third kappa shape index (κ3) is 2.96. The minimum Gasteiger partial charge on any atom is -0.493 e. The van der Waals surface area contributed by atoms with Gasteiger partial charge in [0.1, 0.15) is 10.6 Å². The van der Waals surface area contributed by atoms with E-state index in [4.69, 9.17) is 19.4 Å². The molecule has 4 aromatic rings. The van der Waals surface area contributed by atoms with Gasteiger partial charge in [-0.05, 0) is 48.2 Å². The minimum atomic E-state index is 0.590. The molecular formula is C25H22N4O2S. The number of anilines is 1. The quantitative estimate of drug-likeness (QED) is 0.416. The normalized spacial score (nSPS) is 16.2. The first-order chi connectivity index (χ1) is 15.8. The van der Waals surface area contributed by atoms with Crippen molar-refractivity contribution in [2.45, 2.75) is 25.3 Å². The van der Waals surface area contributed by atoms with E-state index in [1.54, 1.807) is 26.6 Å². The number of allylic oxidation sites excluding steroid dienone is 2. The molecule has 2 aliphatic carbocycles. The fraction of sp³-hybridized carbons (Fsp3) is 0.240. The van der Waals surface area contributed by atoms with Crippen LogP contribution in [0, 0.1) is 0 Å². The first kappa shape index (κ1) is 19.3. The van der Waals surface area contributed by atoms with Gasteiger partial charge in [-0.15, -0.1) is 11.3 Å². The van der Waals surface area contributed by atoms with Crippen molar-refractivity contribution >= 4 is 32.9 Å². The van der Waals surface area contributed by atoms with Gasteiger partial charge >= 0.3 is 0 Å². The molecule has 0 amide bonds. The summed E-state index contributed by atoms with van der Waals surface area (Å²) in [6.45, 7) is 0.620. The highest BCUT2D eigenvalue weighted by Gasteiger charge is 2.39. The number of hydrogen-bond donors (Lipinski definition) is 1. The van der Waals surface area contributed by atoms with E-state index in [9.17, 15) is 0 Å². The van der Waals surface area contributed by atoms with Crippen LogP contribution in [-0.4, -0.2) is 29.2 Å². The number of aromatic nitrogens is 3. The molecule has 0 saturated heterocycles. The molecule has 1 unspecified atom stereocenters. The van der Waals surface area contributed by atoms with E-state index in [0.717, 1.165) is 50.9 Å². The number of ether oxygens (including phenoxy) is 2. The maximum absolute atomic E-state index is 5.46. The van der Waals surface area contributed by atoms with Gasteiger partial charge in [-0.2, -0.15) is 0 Å². The second kappa shape index (κ2) is 7.60. The summed E-state index contributed by atoms with van der Waals surface area (Å²) in [5.74, 6) is 3.62. The van der Waals surface area contributed by atoms with Crippen LogP contribution in [0.5, 0.6) is 11.5 Å². The standard InChI is InChI=1S/C25H22N4O2S/c1-30-18-7-6-14(12-19(18)31-2)13-27-24-21-20-16-4-3-5-17(16)22(20)32-25(21)29-23(28-24)15-8-10-26-11-9-15/h4,6-12,17H,3,5,13H2,1-2H3,(H,27,28,29). The SMILES string of the molecule is COc1ccc(CNc2nc(-c3ccncc3)nc3sc4c(c23)C2=CCCC24)cc1OC. The molecule has 0 spiro atoms. The molecule has 0 radical (unpaired) electrons. The lowest BCUT2D eigenvalue weighted by atomic mass is 9.80. The zero-order valence-electron chi connectivity index (χ0n) is 17.9. The largest absolute Gasteiger partial charge is 0.493 e. The van der Waals surface area contributed by atoms with Crippen molar-refractivity contribution in [3.63, 3.8) is 0 Å². The van der Waals surface area contributed by atoms with Crippen molar-refractivity contribution in [3.05, 3.63) is 64.8 Å². The van der Waals surface area contributed by atoms with Crippen LogP contribution in [0.1, 0.15) is 34.8 Å². The number of hydrogen-bond acceptors (Lipinski definition) is 7. The number of rotatable bonds is 6. The van der Waals surface area contributed by atoms with E-state index in [1.807, 2.05) is 41.7 Å². The molecule has 0 bridgehead atoms. The maximum atomic E-state index is 5.46. The first-order valence-corrected chi connectivity index (χ1v) is 11.5. The lowest BCUT2D eigenvalue weighted by molar-refractivity contribution is 0.354. The van der Waals surface area contributed by atoms with Gasteiger partial charge in [-0.3, -0.25) is 4.98 Å². The average molecular weight is 443 g/mol. The van der Waals surface area contributed by atoms with Gasteiger partial charge in [-0.25, -0.2) is 9.97 Å². The fourth-order valence-electron chi connectivity index (χ4n) is 4.66. The first-order valence-electron chi connectivity index (χ1n) is 10.7. The molecule has 32 heavy (non-hydrogen) atoms. The summed E-state index contributed by atoms with van der Waals surface area (Å²) in [5.41, 5.74) is 4.88. The Hall–Kier alpha value is -3.45. The Bertz CT molecular complexity index is 1360. The van der Waals surface area contributed by atoms with Crippen LogP contribution in [0.15, 0.2) is 48.8 Å². The average Bonchev–Trinajstić information content (AvgIpc) is 3.40. The van der Waals surface area contributed by atoms with Gasteiger partial charge in [0.15, 0.2) is 17.3 Å². The summed E-state index contributed by atoms with van der Waals surface area (Å²) < 4.78 is 10.8. The van der Waals surface area contributed by atoms with Crippen molar-refractivity contribution in [2.75, 3.05) is 19.5 Å². The zero-order valence-corrected chi connectivity index (χ0v) is 18.7. The van der Waals surface area contributed by atoms with E-state index in [0.29, 0.717) is 12.5 Å². The second-order valence-corrected chi connectivity index (χ2v) is 9.02. The van der Waals surface area contributed by atoms with Crippen LogP contribution in [-0.2, 0) is 6.54 Å². The monoisotopic (exact) mass is 442 g/mol. The molecule has 6 rings (SSSR count). The molecule has 160 valence electrons. The fourth-order valence-corrected chi connectivity index (χ4v) is 6.01. The van der Waals surface area contributed by atoms with Crippen molar-refractivity contribution in [2.24, 2.45) is 0 Å². The highest BCUT2D eigenvalue weighted by Crippen LogP contribution is 2.59. The van der Waals surface area contributed by atoms with E-state index < -0.39 is 0 Å². The van der Waals surface area contributed by atoms with Gasteiger partial charge in [0, 0.05) is 40.9 Å². The van der Waals surface area contributed by atoms with E-state index in [-0.39, 0.29) is 0 Å². The Morgan fingerprint density at radius 2 is 1.91 bits per heavy atom. The highest BCUT2D eigenvalue weighted by atomic mass is 32.1. The van der Waals surface area contributed by atoms with Crippen molar-refractivity contribution in [1.29, 1.82) is 0 Å². The third-order valence-electron chi connectivity index (χ3n) is 6.23. The number of benzene rings is 1.